The zero-order valence-corrected chi connectivity index (χ0v) is 45.5. The van der Waals surface area contributed by atoms with Gasteiger partial charge >= 0.3 is 11.9 Å². The number of nitrogens with one attached hydrogen (secondary N) is 3. The summed E-state index contributed by atoms with van der Waals surface area (Å²) in [5.74, 6) is 0.696. The maximum atomic E-state index is 13.4. The van der Waals surface area contributed by atoms with E-state index in [1.807, 2.05) is 86.6 Å². The van der Waals surface area contributed by atoms with Gasteiger partial charge in [0.1, 0.15) is 12.1 Å². The van der Waals surface area contributed by atoms with Crippen molar-refractivity contribution >= 4 is 64.9 Å². The van der Waals surface area contributed by atoms with Crippen molar-refractivity contribution < 1.29 is 65.2 Å². The van der Waals surface area contributed by atoms with Crippen molar-refractivity contribution in [2.75, 3.05) is 37.3 Å². The molecule has 18 nitrogen and oxygen atoms in total. The van der Waals surface area contributed by atoms with Gasteiger partial charge in [-0.2, -0.15) is 4.31 Å². The third-order valence-corrected chi connectivity index (χ3v) is 18.6. The molecule has 2 atom stereocenters. The summed E-state index contributed by atoms with van der Waals surface area (Å²) in [5.41, 5.74) is 7.31. The molecule has 2 saturated carbocycles. The highest BCUT2D eigenvalue weighted by atomic mass is 35.7. The zero-order valence-electron chi connectivity index (χ0n) is 43.1. The SMILES string of the molecule is Cc1ccc(NC(=O)C2(c3ccc4c(c3)OCO4)CC2)cc1-c1ccc(S(=O)(=O)Cl)cc1.Cc1ccc(NC(=O)C2(c3ccc4c(c3)OCO4)CC2)cc1-c1ccc(S(=O)(=O)N2CCC[C@H]2C(=O)O)cc1.O=C(O)C1CCCN1. The van der Waals surface area contributed by atoms with Gasteiger partial charge in [-0.15, -0.1) is 0 Å². The van der Waals surface area contributed by atoms with Crippen LogP contribution in [0.2, 0.25) is 0 Å². The van der Waals surface area contributed by atoms with E-state index in [0.717, 1.165) is 93.9 Å². The number of carboxylic acid groups (broad SMARTS) is 2. The zero-order chi connectivity index (χ0) is 55.9. The molecule has 0 bridgehead atoms. The summed E-state index contributed by atoms with van der Waals surface area (Å²) >= 11 is 0. The number of halogens is 1. The van der Waals surface area contributed by atoms with E-state index in [-0.39, 0.29) is 47.8 Å². The molecule has 4 aliphatic heterocycles. The van der Waals surface area contributed by atoms with Crippen LogP contribution in [0.4, 0.5) is 11.4 Å². The Kier molecular flexibility index (Phi) is 15.3. The Hall–Kier alpha value is -7.49. The Balaban J connectivity index is 0.000000158. The molecule has 5 N–H and O–H groups in total. The fourth-order valence-corrected chi connectivity index (χ4v) is 12.8. The Morgan fingerprint density at radius 1 is 0.582 bits per heavy atom. The van der Waals surface area contributed by atoms with E-state index < -0.39 is 47.9 Å². The van der Waals surface area contributed by atoms with Crippen molar-refractivity contribution in [1.82, 2.24) is 9.62 Å². The number of amides is 2. The molecule has 21 heteroatoms. The van der Waals surface area contributed by atoms with Crippen LogP contribution >= 0.6 is 10.7 Å². The first-order chi connectivity index (χ1) is 37.8. The molecule has 79 heavy (non-hydrogen) atoms. The van der Waals surface area contributed by atoms with Crippen molar-refractivity contribution in [3.05, 3.63) is 144 Å². The lowest BCUT2D eigenvalue weighted by Crippen LogP contribution is -2.40. The standard InChI is InChI=1S/C29H28N2O7S.C24H20ClNO5S.C5H9NO2/c1-18-4-8-21(30-28(34)29(12-13-29)20-7-11-25-26(15-20)38-17-37-25)16-23(18)19-5-9-22(10-6-19)39(35,36)31-14-2-3-24(31)27(32)33;1-15-2-6-18(13-20(15)16-3-7-19(8-4-16)32(25,28)29)26-23(27)24(10-11-24)17-5-9-21-22(12-17)31-14-30-21;7-5(8)4-2-1-3-6-4/h4-11,15-16,24H,2-3,12-14,17H2,1H3,(H,30,34)(H,32,33);2-9,12-13H,10-11,14H2,1H3,(H,26,27);4,6H,1-3H2,(H,7,8)/t24-;;/m0../s1. The lowest BCUT2D eigenvalue weighted by Gasteiger charge is -2.21. The fourth-order valence-electron chi connectivity index (χ4n) is 10.4. The van der Waals surface area contributed by atoms with Gasteiger partial charge in [0.05, 0.1) is 20.6 Å². The average Bonchev–Trinajstić information content (AvgIpc) is 4.23. The summed E-state index contributed by atoms with van der Waals surface area (Å²) < 4.78 is 72.0. The maximum Gasteiger partial charge on any atom is 0.322 e. The van der Waals surface area contributed by atoms with Crippen LogP contribution in [0, 0.1) is 13.8 Å². The molecule has 6 aromatic carbocycles. The first-order valence-corrected chi connectivity index (χ1v) is 29.5. The normalized spacial score (nSPS) is 19.0. The van der Waals surface area contributed by atoms with Crippen molar-refractivity contribution in [1.29, 1.82) is 0 Å². The van der Waals surface area contributed by atoms with Gasteiger partial charge in [0.15, 0.2) is 23.0 Å². The summed E-state index contributed by atoms with van der Waals surface area (Å²) in [6, 6.07) is 34.1. The number of carboxylic acids is 2. The Bertz CT molecular complexity index is 3600. The number of aliphatic carboxylic acids is 2. The second-order valence-electron chi connectivity index (χ2n) is 20.4. The first-order valence-electron chi connectivity index (χ1n) is 25.8. The van der Waals surface area contributed by atoms with Gasteiger partial charge < -0.3 is 45.1 Å². The van der Waals surface area contributed by atoms with Crippen LogP contribution in [0.3, 0.4) is 0 Å². The van der Waals surface area contributed by atoms with Crippen LogP contribution in [0.1, 0.15) is 73.6 Å². The summed E-state index contributed by atoms with van der Waals surface area (Å²) in [4.78, 5) is 48.4. The largest absolute Gasteiger partial charge is 0.480 e. The summed E-state index contributed by atoms with van der Waals surface area (Å²) in [6.45, 7) is 5.33. The Labute approximate surface area is 461 Å². The van der Waals surface area contributed by atoms with Gasteiger partial charge in [-0.05, 0) is 189 Å². The van der Waals surface area contributed by atoms with Crippen molar-refractivity contribution in [2.24, 2.45) is 0 Å². The molecule has 412 valence electrons. The number of hydrogen-bond donors (Lipinski definition) is 5. The third kappa shape index (κ3) is 11.5. The van der Waals surface area contributed by atoms with Crippen LogP contribution in [-0.2, 0) is 49.1 Å². The molecule has 0 radical (unpaired) electrons. The van der Waals surface area contributed by atoms with E-state index in [1.54, 1.807) is 24.3 Å². The minimum absolute atomic E-state index is 0.0458. The summed E-state index contributed by atoms with van der Waals surface area (Å²) in [7, 11) is -2.29. The van der Waals surface area contributed by atoms with Gasteiger partial charge in [0, 0.05) is 28.6 Å². The Morgan fingerprint density at radius 3 is 1.46 bits per heavy atom. The number of nitrogens with zero attached hydrogens (tertiary/aromatic N) is 1. The number of hydrogen-bond acceptors (Lipinski definition) is 13. The molecule has 0 spiro atoms. The minimum Gasteiger partial charge on any atom is -0.480 e. The number of benzene rings is 6. The van der Waals surface area contributed by atoms with Gasteiger partial charge in [-0.1, -0.05) is 48.5 Å². The highest BCUT2D eigenvalue weighted by Crippen LogP contribution is 2.52. The van der Waals surface area contributed by atoms with Crippen molar-refractivity contribution in [3.8, 4) is 45.3 Å². The van der Waals surface area contributed by atoms with E-state index in [1.165, 1.54) is 24.3 Å². The number of fused-ring (bicyclic) bond motifs is 2. The maximum absolute atomic E-state index is 13.4. The third-order valence-electron chi connectivity index (χ3n) is 15.3. The van der Waals surface area contributed by atoms with Gasteiger partial charge in [0.25, 0.3) is 9.05 Å². The molecule has 0 aromatic heterocycles. The van der Waals surface area contributed by atoms with E-state index in [0.29, 0.717) is 47.2 Å². The average molecular weight is 1130 g/mol. The quantitative estimate of drug-likeness (QED) is 0.0676. The van der Waals surface area contributed by atoms with Gasteiger partial charge in [-0.3, -0.25) is 19.2 Å². The molecular formula is C58H57ClN4O14S2. The number of ether oxygens (including phenoxy) is 4. The molecule has 12 rings (SSSR count). The molecule has 2 saturated heterocycles. The highest BCUT2D eigenvalue weighted by Gasteiger charge is 2.53. The number of carbonyl (C=O) groups is 4. The van der Waals surface area contributed by atoms with Crippen LogP contribution in [0.15, 0.2) is 131 Å². The van der Waals surface area contributed by atoms with E-state index >= 15 is 0 Å². The van der Waals surface area contributed by atoms with E-state index in [9.17, 15) is 41.1 Å². The molecule has 2 aliphatic carbocycles. The van der Waals surface area contributed by atoms with Crippen LogP contribution < -0.4 is 34.9 Å². The lowest BCUT2D eigenvalue weighted by atomic mass is 9.94. The molecule has 2 amide bonds. The number of aryl methyl sites for hydroxylation is 2. The predicted octanol–water partition coefficient (Wildman–Crippen LogP) is 9.11. The lowest BCUT2D eigenvalue weighted by molar-refractivity contribution is -0.141. The highest BCUT2D eigenvalue weighted by molar-refractivity contribution is 8.13. The molecular weight excluding hydrogens is 1080 g/mol. The molecule has 6 aromatic rings. The number of rotatable bonds is 13. The van der Waals surface area contributed by atoms with Gasteiger partial charge in [0.2, 0.25) is 35.4 Å². The number of sulfonamides is 1. The van der Waals surface area contributed by atoms with Crippen LogP contribution in [0.25, 0.3) is 22.3 Å². The smallest absolute Gasteiger partial charge is 0.322 e. The number of anilines is 2. The van der Waals surface area contributed by atoms with Crippen molar-refractivity contribution in [3.63, 3.8) is 0 Å². The fraction of sp³-hybridized carbons (Fsp3) is 0.310. The predicted molar refractivity (Wildman–Crippen MR) is 294 cm³/mol. The molecule has 6 aliphatic rings. The second-order valence-corrected chi connectivity index (χ2v) is 24.8. The first kappa shape index (κ1) is 54.8. The second kappa shape index (κ2) is 22.0. The summed E-state index contributed by atoms with van der Waals surface area (Å²) in [6.07, 6.45) is 5.63. The Morgan fingerprint density at radius 2 is 1.05 bits per heavy atom. The molecule has 4 heterocycles. The van der Waals surface area contributed by atoms with Crippen LogP contribution in [-0.4, -0.2) is 93.9 Å². The number of carbonyl (C=O) groups excluding carboxylic acids is 2. The van der Waals surface area contributed by atoms with Crippen molar-refractivity contribution in [2.45, 2.75) is 97.9 Å². The summed E-state index contributed by atoms with van der Waals surface area (Å²) in [5, 5.41) is 26.7. The van der Waals surface area contributed by atoms with Crippen LogP contribution in [0.5, 0.6) is 23.0 Å². The van der Waals surface area contributed by atoms with E-state index in [2.05, 4.69) is 16.0 Å². The monoisotopic (exact) mass is 1130 g/mol. The molecule has 4 fully saturated rings. The minimum atomic E-state index is -3.93. The van der Waals surface area contributed by atoms with E-state index in [4.69, 9.17) is 34.7 Å². The van der Waals surface area contributed by atoms with Gasteiger partial charge in [-0.25, -0.2) is 16.8 Å². The topological polar surface area (TPSA) is 253 Å². The molecule has 1 unspecified atom stereocenters.